The van der Waals surface area contributed by atoms with E-state index in [1.165, 1.54) is 18.4 Å². The summed E-state index contributed by atoms with van der Waals surface area (Å²) in [5, 5.41) is 6.18. The Balaban J connectivity index is 1.52. The van der Waals surface area contributed by atoms with E-state index in [9.17, 15) is 4.79 Å². The molecule has 1 heterocycles. The summed E-state index contributed by atoms with van der Waals surface area (Å²) in [4.78, 5) is 11.5. The third-order valence-electron chi connectivity index (χ3n) is 3.75. The third kappa shape index (κ3) is 5.61. The van der Waals surface area contributed by atoms with Crippen LogP contribution in [0.25, 0.3) is 0 Å². The van der Waals surface area contributed by atoms with Gasteiger partial charge in [-0.2, -0.15) is 0 Å². The van der Waals surface area contributed by atoms with Crippen molar-refractivity contribution in [1.82, 2.24) is 10.6 Å². The van der Waals surface area contributed by atoms with Crippen LogP contribution in [-0.2, 0) is 11.2 Å². The highest BCUT2D eigenvalue weighted by Gasteiger charge is 2.12. The minimum atomic E-state index is -0.296. The van der Waals surface area contributed by atoms with Crippen molar-refractivity contribution >= 4 is 6.09 Å². The number of carbonyl (C=O) groups excluding carboxylic acids is 1. The van der Waals surface area contributed by atoms with Crippen LogP contribution in [0.4, 0.5) is 4.79 Å². The van der Waals surface area contributed by atoms with Gasteiger partial charge in [0.15, 0.2) is 0 Å². The minimum absolute atomic E-state index is 0.296. The molecule has 0 aromatic heterocycles. The molecule has 4 heteroatoms. The molecule has 1 aliphatic rings. The number of carbonyl (C=O) groups is 1. The number of ether oxygens (including phenoxy) is 1. The summed E-state index contributed by atoms with van der Waals surface area (Å²) < 4.78 is 5.17. The average molecular weight is 276 g/mol. The summed E-state index contributed by atoms with van der Waals surface area (Å²) >= 11 is 0. The monoisotopic (exact) mass is 276 g/mol. The van der Waals surface area contributed by atoms with E-state index in [1.807, 2.05) is 30.3 Å². The van der Waals surface area contributed by atoms with Crippen LogP contribution in [0, 0.1) is 5.92 Å². The molecule has 1 aliphatic heterocycles. The van der Waals surface area contributed by atoms with E-state index < -0.39 is 0 Å². The van der Waals surface area contributed by atoms with E-state index in [-0.39, 0.29) is 6.09 Å². The van der Waals surface area contributed by atoms with E-state index in [2.05, 4.69) is 10.6 Å². The van der Waals surface area contributed by atoms with Gasteiger partial charge in [-0.3, -0.25) is 0 Å². The zero-order valence-corrected chi connectivity index (χ0v) is 11.9. The molecule has 1 aromatic carbocycles. The first-order valence-electron chi connectivity index (χ1n) is 7.50. The first-order valence-corrected chi connectivity index (χ1v) is 7.50. The molecule has 4 nitrogen and oxygen atoms in total. The van der Waals surface area contributed by atoms with Crippen molar-refractivity contribution in [2.24, 2.45) is 5.92 Å². The summed E-state index contributed by atoms with van der Waals surface area (Å²) in [5.74, 6) is 0.737. The van der Waals surface area contributed by atoms with E-state index in [0.717, 1.165) is 38.4 Å². The molecule has 0 unspecified atom stereocenters. The van der Waals surface area contributed by atoms with Gasteiger partial charge in [-0.25, -0.2) is 4.79 Å². The number of benzene rings is 1. The number of nitrogens with one attached hydrogen (secondary N) is 2. The van der Waals surface area contributed by atoms with Crippen molar-refractivity contribution in [3.63, 3.8) is 0 Å². The normalized spacial score (nSPS) is 15.8. The van der Waals surface area contributed by atoms with Gasteiger partial charge in [-0.1, -0.05) is 30.3 Å². The van der Waals surface area contributed by atoms with Crippen LogP contribution in [0.5, 0.6) is 0 Å². The molecule has 0 bridgehead atoms. The number of alkyl carbamates (subject to hydrolysis) is 1. The molecule has 2 rings (SSSR count). The van der Waals surface area contributed by atoms with Crippen LogP contribution in [0.15, 0.2) is 30.3 Å². The van der Waals surface area contributed by atoms with Gasteiger partial charge in [0.2, 0.25) is 0 Å². The van der Waals surface area contributed by atoms with Crippen molar-refractivity contribution in [1.29, 1.82) is 0 Å². The SMILES string of the molecule is O=C(NCCC1CCNCC1)OCCc1ccccc1. The first-order chi connectivity index (χ1) is 9.84. The molecule has 0 saturated carbocycles. The molecule has 1 aromatic rings. The second-order valence-electron chi connectivity index (χ2n) is 5.28. The Bertz CT molecular complexity index is 389. The quantitative estimate of drug-likeness (QED) is 0.838. The number of amides is 1. The lowest BCUT2D eigenvalue weighted by Gasteiger charge is -2.22. The molecule has 110 valence electrons. The second-order valence-corrected chi connectivity index (χ2v) is 5.28. The van der Waals surface area contributed by atoms with Gasteiger partial charge >= 0.3 is 6.09 Å². The van der Waals surface area contributed by atoms with Crippen molar-refractivity contribution < 1.29 is 9.53 Å². The van der Waals surface area contributed by atoms with E-state index in [4.69, 9.17) is 4.74 Å². The van der Waals surface area contributed by atoms with Crippen LogP contribution in [0.1, 0.15) is 24.8 Å². The molecule has 1 amide bonds. The van der Waals surface area contributed by atoms with Gasteiger partial charge < -0.3 is 15.4 Å². The second kappa shape index (κ2) is 8.59. The van der Waals surface area contributed by atoms with E-state index in [0.29, 0.717) is 6.61 Å². The standard InChI is InChI=1S/C16H24N2O2/c19-16(18-12-8-15-6-10-17-11-7-15)20-13-9-14-4-2-1-3-5-14/h1-5,15,17H,6-13H2,(H,18,19). The predicted octanol–water partition coefficient (Wildman–Crippen LogP) is 2.34. The van der Waals surface area contributed by atoms with Gasteiger partial charge in [0.25, 0.3) is 0 Å². The zero-order valence-electron chi connectivity index (χ0n) is 11.9. The maximum absolute atomic E-state index is 11.5. The maximum atomic E-state index is 11.5. The summed E-state index contributed by atoms with van der Waals surface area (Å²) in [6.45, 7) is 3.36. The van der Waals surface area contributed by atoms with Gasteiger partial charge in [-0.15, -0.1) is 0 Å². The Morgan fingerprint density at radius 2 is 2.00 bits per heavy atom. The van der Waals surface area contributed by atoms with Crippen LogP contribution in [0.3, 0.4) is 0 Å². The molecule has 1 saturated heterocycles. The molecular weight excluding hydrogens is 252 g/mol. The van der Waals surface area contributed by atoms with Crippen molar-refractivity contribution in [2.45, 2.75) is 25.7 Å². The minimum Gasteiger partial charge on any atom is -0.449 e. The summed E-state index contributed by atoms with van der Waals surface area (Å²) in [6, 6.07) is 10.1. The Morgan fingerprint density at radius 3 is 2.75 bits per heavy atom. The summed E-state index contributed by atoms with van der Waals surface area (Å²) in [7, 11) is 0. The molecular formula is C16H24N2O2. The van der Waals surface area contributed by atoms with Gasteiger partial charge in [0.1, 0.15) is 0 Å². The largest absolute Gasteiger partial charge is 0.449 e. The lowest BCUT2D eigenvalue weighted by atomic mass is 9.95. The predicted molar refractivity (Wildman–Crippen MR) is 79.7 cm³/mol. The number of hydrogen-bond donors (Lipinski definition) is 2. The fourth-order valence-corrected chi connectivity index (χ4v) is 2.51. The Kier molecular flexibility index (Phi) is 6.38. The number of hydrogen-bond acceptors (Lipinski definition) is 3. The Hall–Kier alpha value is -1.55. The topological polar surface area (TPSA) is 50.4 Å². The van der Waals surface area contributed by atoms with Crippen LogP contribution in [-0.4, -0.2) is 32.3 Å². The highest BCUT2D eigenvalue weighted by molar-refractivity contribution is 5.67. The van der Waals surface area contributed by atoms with E-state index in [1.54, 1.807) is 0 Å². The van der Waals surface area contributed by atoms with Crippen LogP contribution < -0.4 is 10.6 Å². The Morgan fingerprint density at radius 1 is 1.25 bits per heavy atom. The maximum Gasteiger partial charge on any atom is 0.407 e. The number of rotatable bonds is 6. The third-order valence-corrected chi connectivity index (χ3v) is 3.75. The first kappa shape index (κ1) is 14.9. The molecule has 0 aliphatic carbocycles. The lowest BCUT2D eigenvalue weighted by Crippen LogP contribution is -2.31. The smallest absolute Gasteiger partial charge is 0.407 e. The Labute approximate surface area is 120 Å². The average Bonchev–Trinajstić information content (AvgIpc) is 2.49. The van der Waals surface area contributed by atoms with Crippen molar-refractivity contribution in [3.05, 3.63) is 35.9 Å². The summed E-state index contributed by atoms with van der Waals surface area (Å²) in [6.07, 6.45) is 3.95. The highest BCUT2D eigenvalue weighted by Crippen LogP contribution is 2.14. The highest BCUT2D eigenvalue weighted by atomic mass is 16.5. The fourth-order valence-electron chi connectivity index (χ4n) is 2.51. The summed E-state index contributed by atoms with van der Waals surface area (Å²) in [5.41, 5.74) is 1.19. The van der Waals surface area contributed by atoms with Gasteiger partial charge in [0.05, 0.1) is 6.61 Å². The molecule has 20 heavy (non-hydrogen) atoms. The van der Waals surface area contributed by atoms with E-state index >= 15 is 0 Å². The lowest BCUT2D eigenvalue weighted by molar-refractivity contribution is 0.146. The van der Waals surface area contributed by atoms with Gasteiger partial charge in [0, 0.05) is 13.0 Å². The molecule has 1 fully saturated rings. The fraction of sp³-hybridized carbons (Fsp3) is 0.562. The van der Waals surface area contributed by atoms with Gasteiger partial charge in [-0.05, 0) is 43.8 Å². The molecule has 0 spiro atoms. The number of piperidine rings is 1. The van der Waals surface area contributed by atoms with Crippen LogP contribution in [0.2, 0.25) is 0 Å². The van der Waals surface area contributed by atoms with Crippen LogP contribution >= 0.6 is 0 Å². The molecule has 0 atom stereocenters. The zero-order chi connectivity index (χ0) is 14.0. The molecule has 2 N–H and O–H groups in total. The van der Waals surface area contributed by atoms with Crippen molar-refractivity contribution in [2.75, 3.05) is 26.2 Å². The van der Waals surface area contributed by atoms with Crippen molar-refractivity contribution in [3.8, 4) is 0 Å². The molecule has 0 radical (unpaired) electrons.